The molecule has 0 atom stereocenters. The highest BCUT2D eigenvalue weighted by atomic mass is 16.5. The summed E-state index contributed by atoms with van der Waals surface area (Å²) in [5, 5.41) is 2.80. The van der Waals surface area contributed by atoms with Crippen LogP contribution in [0.2, 0.25) is 0 Å². The molecule has 0 radical (unpaired) electrons. The highest BCUT2D eigenvalue weighted by molar-refractivity contribution is 5.92. The predicted octanol–water partition coefficient (Wildman–Crippen LogP) is 4.86. The Hall–Kier alpha value is -1.84. The number of rotatable bonds is 5. The van der Waals surface area contributed by atoms with Gasteiger partial charge in [0.25, 0.3) is 0 Å². The molecule has 1 aromatic carbocycles. The van der Waals surface area contributed by atoms with Gasteiger partial charge in [0.05, 0.1) is 6.42 Å². The fourth-order valence-corrected chi connectivity index (χ4v) is 3.37. The van der Waals surface area contributed by atoms with Gasteiger partial charge in [0.1, 0.15) is 6.10 Å². The van der Waals surface area contributed by atoms with E-state index in [0.717, 1.165) is 36.9 Å². The van der Waals surface area contributed by atoms with E-state index in [-0.39, 0.29) is 30.8 Å². The second-order valence-corrected chi connectivity index (χ2v) is 8.24. The van der Waals surface area contributed by atoms with Gasteiger partial charge in [-0.2, -0.15) is 0 Å². The van der Waals surface area contributed by atoms with Gasteiger partial charge in [0.15, 0.2) is 0 Å². The van der Waals surface area contributed by atoms with Gasteiger partial charge in [-0.15, -0.1) is 0 Å². The van der Waals surface area contributed by atoms with Gasteiger partial charge in [-0.05, 0) is 56.1 Å². The van der Waals surface area contributed by atoms with Gasteiger partial charge in [-0.3, -0.25) is 9.59 Å². The summed E-state index contributed by atoms with van der Waals surface area (Å²) in [6.07, 6.45) is 4.39. The van der Waals surface area contributed by atoms with Crippen LogP contribution in [-0.4, -0.2) is 18.0 Å². The number of esters is 1. The van der Waals surface area contributed by atoms with Crippen molar-refractivity contribution in [2.75, 3.05) is 5.32 Å². The monoisotopic (exact) mass is 345 g/mol. The van der Waals surface area contributed by atoms with E-state index in [1.807, 2.05) is 31.2 Å². The lowest BCUT2D eigenvalue weighted by Crippen LogP contribution is -2.30. The number of carbonyl (C=O) groups is 2. The minimum Gasteiger partial charge on any atom is -0.462 e. The summed E-state index contributed by atoms with van der Waals surface area (Å²) in [6, 6.07) is 7.61. The average molecular weight is 345 g/mol. The van der Waals surface area contributed by atoms with Crippen LogP contribution >= 0.6 is 0 Å². The zero-order valence-electron chi connectivity index (χ0n) is 15.9. The highest BCUT2D eigenvalue weighted by Crippen LogP contribution is 2.38. The first-order chi connectivity index (χ1) is 11.7. The van der Waals surface area contributed by atoms with Crippen LogP contribution in [-0.2, 0) is 14.3 Å². The molecule has 0 aliphatic heterocycles. The molecule has 0 saturated heterocycles. The minimum absolute atomic E-state index is 0.0197. The van der Waals surface area contributed by atoms with Crippen molar-refractivity contribution in [3.05, 3.63) is 29.8 Å². The van der Waals surface area contributed by atoms with Crippen molar-refractivity contribution in [1.29, 1.82) is 0 Å². The molecule has 138 valence electrons. The molecule has 1 saturated carbocycles. The van der Waals surface area contributed by atoms with Crippen LogP contribution in [0, 0.1) is 18.3 Å². The second kappa shape index (κ2) is 8.50. The van der Waals surface area contributed by atoms with Crippen molar-refractivity contribution in [2.45, 2.75) is 72.3 Å². The molecule has 4 heteroatoms. The predicted molar refractivity (Wildman–Crippen MR) is 100 cm³/mol. The zero-order chi connectivity index (χ0) is 18.4. The van der Waals surface area contributed by atoms with Crippen molar-refractivity contribution in [3.8, 4) is 0 Å². The zero-order valence-corrected chi connectivity index (χ0v) is 15.9. The maximum atomic E-state index is 12.0. The highest BCUT2D eigenvalue weighted by Gasteiger charge is 2.31. The van der Waals surface area contributed by atoms with Crippen LogP contribution in [0.5, 0.6) is 0 Å². The Morgan fingerprint density at radius 1 is 1.04 bits per heavy atom. The fraction of sp³-hybridized carbons (Fsp3) is 0.619. The molecular formula is C21H31NO3. The van der Waals surface area contributed by atoms with E-state index in [2.05, 4.69) is 26.1 Å². The number of ether oxygens (including phenoxy) is 1. The number of hydrogen-bond donors (Lipinski definition) is 1. The topological polar surface area (TPSA) is 55.4 Å². The largest absolute Gasteiger partial charge is 0.462 e. The van der Waals surface area contributed by atoms with Crippen LogP contribution < -0.4 is 5.32 Å². The Kier molecular flexibility index (Phi) is 6.63. The summed E-state index contributed by atoms with van der Waals surface area (Å²) in [7, 11) is 0. The lowest BCUT2D eigenvalue weighted by molar-refractivity contribution is -0.152. The Morgan fingerprint density at radius 2 is 1.64 bits per heavy atom. The molecule has 0 spiro atoms. The Labute approximate surface area is 151 Å². The van der Waals surface area contributed by atoms with Crippen molar-refractivity contribution in [3.63, 3.8) is 0 Å². The molecule has 1 N–H and O–H groups in total. The van der Waals surface area contributed by atoms with Gasteiger partial charge < -0.3 is 10.1 Å². The summed E-state index contributed by atoms with van der Waals surface area (Å²) in [5.74, 6) is 0.276. The van der Waals surface area contributed by atoms with Crippen LogP contribution in [0.4, 0.5) is 5.69 Å². The lowest BCUT2D eigenvalue weighted by Gasteiger charge is -2.36. The van der Waals surface area contributed by atoms with Crippen LogP contribution in [0.3, 0.4) is 0 Å². The molecule has 25 heavy (non-hydrogen) atoms. The minimum atomic E-state index is -0.265. The van der Waals surface area contributed by atoms with E-state index in [0.29, 0.717) is 11.3 Å². The molecule has 1 aromatic rings. The normalized spacial score (nSPS) is 20.8. The summed E-state index contributed by atoms with van der Waals surface area (Å²) in [4.78, 5) is 23.9. The molecular weight excluding hydrogens is 314 g/mol. The molecule has 1 aliphatic carbocycles. The Bertz CT molecular complexity index is 578. The van der Waals surface area contributed by atoms with Crippen molar-refractivity contribution >= 4 is 17.6 Å². The molecule has 2 rings (SSSR count). The molecule has 1 amide bonds. The average Bonchev–Trinajstić information content (AvgIpc) is 2.55. The van der Waals surface area contributed by atoms with Crippen LogP contribution in [0.25, 0.3) is 0 Å². The van der Waals surface area contributed by atoms with Gasteiger partial charge in [-0.1, -0.05) is 38.5 Å². The molecule has 4 nitrogen and oxygen atoms in total. The smallest absolute Gasteiger partial charge is 0.306 e. The first-order valence-electron chi connectivity index (χ1n) is 9.30. The van der Waals surface area contributed by atoms with E-state index in [1.165, 1.54) is 0 Å². The van der Waals surface area contributed by atoms with E-state index in [9.17, 15) is 9.59 Å². The third-order valence-corrected chi connectivity index (χ3v) is 5.09. The number of amides is 1. The summed E-state index contributed by atoms with van der Waals surface area (Å²) < 4.78 is 5.55. The standard InChI is InChI=1S/C21H31NO3/c1-15-5-9-17(10-6-15)22-19(23)13-14-20(24)25-18-11-7-16(8-12-18)21(2,3)4/h5-6,9-10,16,18H,7-8,11-14H2,1-4H3,(H,22,23). The maximum Gasteiger partial charge on any atom is 0.306 e. The fourth-order valence-electron chi connectivity index (χ4n) is 3.37. The van der Waals surface area contributed by atoms with Gasteiger partial charge >= 0.3 is 5.97 Å². The number of carbonyl (C=O) groups excluding carboxylic acids is 2. The third kappa shape index (κ3) is 6.52. The van der Waals surface area contributed by atoms with Crippen molar-refractivity contribution in [1.82, 2.24) is 0 Å². The van der Waals surface area contributed by atoms with Crippen LogP contribution in [0.15, 0.2) is 24.3 Å². The van der Waals surface area contributed by atoms with Gasteiger partial charge in [-0.25, -0.2) is 0 Å². The number of aryl methyl sites for hydroxylation is 1. The second-order valence-electron chi connectivity index (χ2n) is 8.24. The lowest BCUT2D eigenvalue weighted by atomic mass is 9.72. The first kappa shape index (κ1) is 19.5. The summed E-state index contributed by atoms with van der Waals surface area (Å²) in [6.45, 7) is 8.82. The van der Waals surface area contributed by atoms with E-state index >= 15 is 0 Å². The quantitative estimate of drug-likeness (QED) is 0.775. The van der Waals surface area contributed by atoms with Crippen molar-refractivity contribution in [2.24, 2.45) is 11.3 Å². The molecule has 1 aliphatic rings. The van der Waals surface area contributed by atoms with Gasteiger partial charge in [0.2, 0.25) is 5.91 Å². The molecule has 1 fully saturated rings. The molecule has 0 bridgehead atoms. The molecule has 0 unspecified atom stereocenters. The summed E-state index contributed by atoms with van der Waals surface area (Å²) in [5.41, 5.74) is 2.22. The van der Waals surface area contributed by atoms with E-state index in [1.54, 1.807) is 0 Å². The Morgan fingerprint density at radius 3 is 2.20 bits per heavy atom. The van der Waals surface area contributed by atoms with Gasteiger partial charge in [0, 0.05) is 12.1 Å². The van der Waals surface area contributed by atoms with E-state index in [4.69, 9.17) is 4.74 Å². The van der Waals surface area contributed by atoms with E-state index < -0.39 is 0 Å². The SMILES string of the molecule is Cc1ccc(NC(=O)CCC(=O)OC2CCC(C(C)(C)C)CC2)cc1. The number of anilines is 1. The molecule has 0 heterocycles. The number of nitrogens with one attached hydrogen (secondary N) is 1. The number of hydrogen-bond acceptors (Lipinski definition) is 3. The summed E-state index contributed by atoms with van der Waals surface area (Å²) >= 11 is 0. The Balaban J connectivity index is 1.67. The maximum absolute atomic E-state index is 12.0. The van der Waals surface area contributed by atoms with Crippen LogP contribution in [0.1, 0.15) is 64.9 Å². The molecule has 0 aromatic heterocycles. The van der Waals surface area contributed by atoms with Crippen molar-refractivity contribution < 1.29 is 14.3 Å². The third-order valence-electron chi connectivity index (χ3n) is 5.09. The number of benzene rings is 1. The first-order valence-corrected chi connectivity index (χ1v) is 9.30.